The van der Waals surface area contributed by atoms with E-state index >= 15 is 0 Å². The molecular formula is C16H29N3O2. The van der Waals surface area contributed by atoms with Gasteiger partial charge in [0.25, 0.3) is 0 Å². The third kappa shape index (κ3) is 3.39. The molecule has 2 heterocycles. The molecule has 0 aromatic rings. The van der Waals surface area contributed by atoms with Gasteiger partial charge >= 0.3 is 0 Å². The lowest BCUT2D eigenvalue weighted by molar-refractivity contribution is -0.152. The van der Waals surface area contributed by atoms with Gasteiger partial charge in [0.1, 0.15) is 12.1 Å². The molecule has 2 amide bonds. The first kappa shape index (κ1) is 16.3. The predicted molar refractivity (Wildman–Crippen MR) is 82.8 cm³/mol. The van der Waals surface area contributed by atoms with Gasteiger partial charge in [-0.15, -0.1) is 0 Å². The van der Waals surface area contributed by atoms with Gasteiger partial charge in [-0.1, -0.05) is 20.8 Å². The van der Waals surface area contributed by atoms with Crippen LogP contribution in [0.4, 0.5) is 0 Å². The first-order valence-electron chi connectivity index (χ1n) is 8.03. The number of likely N-dealkylation sites (tertiary alicyclic amines) is 1. The zero-order chi connectivity index (χ0) is 15.8. The van der Waals surface area contributed by atoms with Gasteiger partial charge in [-0.3, -0.25) is 9.59 Å². The number of rotatable bonds is 3. The molecule has 2 atom stereocenters. The number of piperidine rings is 1. The number of nitrogens with zero attached hydrogens (tertiary/aromatic N) is 2. The minimum absolute atomic E-state index is 0.0233. The molecule has 21 heavy (non-hydrogen) atoms. The quantitative estimate of drug-likeness (QED) is 0.848. The van der Waals surface area contributed by atoms with Crippen LogP contribution in [0.1, 0.15) is 40.5 Å². The van der Waals surface area contributed by atoms with Crippen molar-refractivity contribution in [3.05, 3.63) is 0 Å². The third-order valence-electron chi connectivity index (χ3n) is 5.11. The second kappa shape index (κ2) is 5.95. The van der Waals surface area contributed by atoms with E-state index in [-0.39, 0.29) is 35.2 Å². The Bertz CT molecular complexity index is 414. The molecule has 0 aromatic heterocycles. The minimum Gasteiger partial charge on any atom is -0.342 e. The van der Waals surface area contributed by atoms with E-state index < -0.39 is 0 Å². The second-order valence-corrected chi connectivity index (χ2v) is 7.49. The molecule has 0 saturated carbocycles. The number of hydrogen-bond donors (Lipinski definition) is 1. The number of piperazine rings is 1. The number of carbonyl (C=O) groups is 2. The lowest BCUT2D eigenvalue weighted by Gasteiger charge is -2.45. The minimum atomic E-state index is -0.372. The highest BCUT2D eigenvalue weighted by molar-refractivity contribution is 5.96. The standard InChI is InChI=1S/C16H29N3O2/c1-11(2)13-15(21)19(12(3)14(20)17-13)10-16(4)6-8-18(5)9-7-16/h11-13H,6-10H2,1-5H3,(H,17,20). The smallest absolute Gasteiger partial charge is 0.246 e. The number of carbonyl (C=O) groups excluding carboxylic acids is 2. The fourth-order valence-corrected chi connectivity index (χ4v) is 3.24. The highest BCUT2D eigenvalue weighted by Gasteiger charge is 2.42. The SMILES string of the molecule is CC(C)C1NC(=O)C(C)N(CC2(C)CCN(C)CC2)C1=O. The van der Waals surface area contributed by atoms with Crippen molar-refractivity contribution < 1.29 is 9.59 Å². The highest BCUT2D eigenvalue weighted by atomic mass is 16.2. The van der Waals surface area contributed by atoms with E-state index in [0.29, 0.717) is 6.54 Å². The van der Waals surface area contributed by atoms with Crippen LogP contribution in [-0.2, 0) is 9.59 Å². The molecule has 2 rings (SSSR count). The summed E-state index contributed by atoms with van der Waals surface area (Å²) in [7, 11) is 2.14. The Morgan fingerprint density at radius 2 is 1.86 bits per heavy atom. The number of hydrogen-bond acceptors (Lipinski definition) is 3. The highest BCUT2D eigenvalue weighted by Crippen LogP contribution is 2.33. The molecule has 120 valence electrons. The Morgan fingerprint density at radius 1 is 1.29 bits per heavy atom. The first-order chi connectivity index (χ1) is 9.73. The monoisotopic (exact) mass is 295 g/mol. The topological polar surface area (TPSA) is 52.7 Å². The van der Waals surface area contributed by atoms with Gasteiger partial charge in [-0.05, 0) is 51.2 Å². The van der Waals surface area contributed by atoms with Gasteiger partial charge in [-0.25, -0.2) is 0 Å². The molecule has 2 aliphatic heterocycles. The predicted octanol–water partition coefficient (Wildman–Crippen LogP) is 1.09. The lowest BCUT2D eigenvalue weighted by Crippen LogP contribution is -2.65. The molecule has 0 aliphatic carbocycles. The summed E-state index contributed by atoms with van der Waals surface area (Å²) in [5.74, 6) is 0.184. The van der Waals surface area contributed by atoms with Crippen molar-refractivity contribution in [1.82, 2.24) is 15.1 Å². The van der Waals surface area contributed by atoms with Crippen LogP contribution in [0.3, 0.4) is 0 Å². The van der Waals surface area contributed by atoms with Gasteiger partial charge < -0.3 is 15.1 Å². The van der Waals surface area contributed by atoms with E-state index in [4.69, 9.17) is 0 Å². The Labute approximate surface area is 128 Å². The van der Waals surface area contributed by atoms with E-state index in [1.165, 1.54) is 0 Å². The average molecular weight is 295 g/mol. The summed E-state index contributed by atoms with van der Waals surface area (Å²) >= 11 is 0. The molecule has 2 aliphatic rings. The van der Waals surface area contributed by atoms with E-state index in [1.807, 2.05) is 25.7 Å². The maximum absolute atomic E-state index is 12.7. The van der Waals surface area contributed by atoms with Crippen LogP contribution in [0.15, 0.2) is 0 Å². The van der Waals surface area contributed by atoms with Gasteiger partial charge in [0.2, 0.25) is 11.8 Å². The Kier molecular flexibility index (Phi) is 4.61. The summed E-state index contributed by atoms with van der Waals surface area (Å²) in [6.45, 7) is 10.9. The Balaban J connectivity index is 2.12. The molecule has 0 aromatic carbocycles. The molecule has 0 radical (unpaired) electrons. The van der Waals surface area contributed by atoms with Crippen molar-refractivity contribution in [3.63, 3.8) is 0 Å². The summed E-state index contributed by atoms with van der Waals surface area (Å²) in [5, 5.41) is 2.86. The van der Waals surface area contributed by atoms with Gasteiger partial charge in [0.05, 0.1) is 0 Å². The average Bonchev–Trinajstić information content (AvgIpc) is 2.42. The zero-order valence-corrected chi connectivity index (χ0v) is 14.0. The summed E-state index contributed by atoms with van der Waals surface area (Å²) in [5.41, 5.74) is 0.121. The van der Waals surface area contributed by atoms with Crippen LogP contribution in [0, 0.1) is 11.3 Å². The molecule has 2 fully saturated rings. The fourth-order valence-electron chi connectivity index (χ4n) is 3.24. The van der Waals surface area contributed by atoms with E-state index in [2.05, 4.69) is 24.2 Å². The van der Waals surface area contributed by atoms with Crippen molar-refractivity contribution in [3.8, 4) is 0 Å². The lowest BCUT2D eigenvalue weighted by atomic mass is 9.79. The van der Waals surface area contributed by atoms with Crippen LogP contribution in [0.2, 0.25) is 0 Å². The van der Waals surface area contributed by atoms with E-state index in [1.54, 1.807) is 0 Å². The van der Waals surface area contributed by atoms with Crippen LogP contribution in [0.25, 0.3) is 0 Å². The number of amides is 2. The van der Waals surface area contributed by atoms with Gasteiger partial charge in [0, 0.05) is 6.54 Å². The zero-order valence-electron chi connectivity index (χ0n) is 14.0. The molecule has 5 nitrogen and oxygen atoms in total. The summed E-state index contributed by atoms with van der Waals surface area (Å²) < 4.78 is 0. The molecule has 2 saturated heterocycles. The molecule has 1 N–H and O–H groups in total. The Morgan fingerprint density at radius 3 is 2.38 bits per heavy atom. The van der Waals surface area contributed by atoms with Crippen LogP contribution >= 0.6 is 0 Å². The molecule has 0 spiro atoms. The summed E-state index contributed by atoms with van der Waals surface area (Å²) in [4.78, 5) is 29.0. The third-order valence-corrected chi connectivity index (χ3v) is 5.11. The van der Waals surface area contributed by atoms with Crippen molar-refractivity contribution >= 4 is 11.8 Å². The van der Waals surface area contributed by atoms with Crippen molar-refractivity contribution in [2.45, 2.75) is 52.6 Å². The van der Waals surface area contributed by atoms with Crippen LogP contribution < -0.4 is 5.32 Å². The molecule has 5 heteroatoms. The largest absolute Gasteiger partial charge is 0.342 e. The molecule has 0 bridgehead atoms. The molecular weight excluding hydrogens is 266 g/mol. The van der Waals surface area contributed by atoms with Crippen molar-refractivity contribution in [2.75, 3.05) is 26.7 Å². The molecule has 2 unspecified atom stereocenters. The van der Waals surface area contributed by atoms with Crippen LogP contribution in [0.5, 0.6) is 0 Å². The summed E-state index contributed by atoms with van der Waals surface area (Å²) in [6, 6.07) is -0.729. The summed E-state index contributed by atoms with van der Waals surface area (Å²) in [6.07, 6.45) is 2.15. The van der Waals surface area contributed by atoms with Crippen molar-refractivity contribution in [1.29, 1.82) is 0 Å². The maximum Gasteiger partial charge on any atom is 0.246 e. The normalized spacial score (nSPS) is 30.7. The fraction of sp³-hybridized carbons (Fsp3) is 0.875. The Hall–Kier alpha value is -1.10. The van der Waals surface area contributed by atoms with E-state index in [0.717, 1.165) is 25.9 Å². The van der Waals surface area contributed by atoms with Crippen molar-refractivity contribution in [2.24, 2.45) is 11.3 Å². The van der Waals surface area contributed by atoms with E-state index in [9.17, 15) is 9.59 Å². The van der Waals surface area contributed by atoms with Crippen LogP contribution in [-0.4, -0.2) is 60.4 Å². The first-order valence-corrected chi connectivity index (χ1v) is 8.03. The number of nitrogens with one attached hydrogen (secondary N) is 1. The maximum atomic E-state index is 12.7. The van der Waals surface area contributed by atoms with Gasteiger partial charge in [-0.2, -0.15) is 0 Å². The second-order valence-electron chi connectivity index (χ2n) is 7.49. The van der Waals surface area contributed by atoms with Gasteiger partial charge in [0.15, 0.2) is 0 Å².